The number of benzene rings is 1. The summed E-state index contributed by atoms with van der Waals surface area (Å²) in [5.41, 5.74) is 2.39. The number of nitrogens with one attached hydrogen (secondary N) is 2. The van der Waals surface area contributed by atoms with E-state index in [0.29, 0.717) is 30.1 Å². The normalized spacial score (nSPS) is 22.5. The van der Waals surface area contributed by atoms with Crippen LogP contribution in [0.2, 0.25) is 0 Å². The van der Waals surface area contributed by atoms with Crippen molar-refractivity contribution in [3.05, 3.63) is 53.7 Å². The molecule has 7 nitrogen and oxygen atoms in total. The van der Waals surface area contributed by atoms with Gasteiger partial charge >= 0.3 is 5.97 Å². The third kappa shape index (κ3) is 6.55. The predicted molar refractivity (Wildman–Crippen MR) is 143 cm³/mol. The highest BCUT2D eigenvalue weighted by Crippen LogP contribution is 2.27. The summed E-state index contributed by atoms with van der Waals surface area (Å²) in [5.74, 6) is 0.669. The molecule has 7 heteroatoms. The van der Waals surface area contributed by atoms with Crippen LogP contribution in [-0.2, 0) is 16.0 Å². The molecule has 1 saturated heterocycles. The van der Waals surface area contributed by atoms with Gasteiger partial charge in [0.05, 0.1) is 24.2 Å². The van der Waals surface area contributed by atoms with Gasteiger partial charge in [0, 0.05) is 43.1 Å². The molecular formula is C29H39N5O2. The van der Waals surface area contributed by atoms with Crippen LogP contribution in [0.25, 0.3) is 0 Å². The van der Waals surface area contributed by atoms with Gasteiger partial charge in [0.1, 0.15) is 5.82 Å². The van der Waals surface area contributed by atoms with E-state index in [9.17, 15) is 4.79 Å². The van der Waals surface area contributed by atoms with Crippen LogP contribution < -0.4 is 15.5 Å². The van der Waals surface area contributed by atoms with Crippen molar-refractivity contribution in [1.29, 1.82) is 5.26 Å². The van der Waals surface area contributed by atoms with Crippen molar-refractivity contribution in [3.63, 3.8) is 0 Å². The van der Waals surface area contributed by atoms with Gasteiger partial charge < -0.3 is 20.3 Å². The third-order valence-corrected chi connectivity index (χ3v) is 7.54. The van der Waals surface area contributed by atoms with E-state index in [1.165, 1.54) is 32.1 Å². The number of esters is 1. The predicted octanol–water partition coefficient (Wildman–Crippen LogP) is 4.68. The molecule has 2 aromatic rings. The van der Waals surface area contributed by atoms with Crippen molar-refractivity contribution >= 4 is 17.5 Å². The molecule has 0 unspecified atom stereocenters. The molecule has 2 heterocycles. The Morgan fingerprint density at radius 1 is 1.14 bits per heavy atom. The standard InChI is InChI=1S/C29H39N5O2/c1-29(2,28(35)36-3)18-22-14-15-31-27(17-22)33-26-9-5-4-8-25(26)32-23-7-6-16-34(20-23)24-12-10-21(19-30)11-13-24/h10-15,17,23,25-26,32H,4-9,16,18,20H2,1-3H3,(H,31,33)/t23-,25+,26+/m0/s1. The summed E-state index contributed by atoms with van der Waals surface area (Å²) in [5, 5.41) is 16.8. The first-order valence-corrected chi connectivity index (χ1v) is 13.2. The summed E-state index contributed by atoms with van der Waals surface area (Å²) >= 11 is 0. The number of pyridine rings is 1. The van der Waals surface area contributed by atoms with Crippen LogP contribution in [0.5, 0.6) is 0 Å². The van der Waals surface area contributed by atoms with Gasteiger partial charge in [-0.25, -0.2) is 4.98 Å². The quantitative estimate of drug-likeness (QED) is 0.521. The molecule has 1 aromatic carbocycles. The fraction of sp³-hybridized carbons (Fsp3) is 0.552. The van der Waals surface area contributed by atoms with Gasteiger partial charge in [-0.15, -0.1) is 0 Å². The minimum Gasteiger partial charge on any atom is -0.469 e. The molecule has 3 atom stereocenters. The molecule has 2 fully saturated rings. The molecule has 2 aliphatic rings. The number of hydrogen-bond acceptors (Lipinski definition) is 7. The molecule has 1 aliphatic carbocycles. The van der Waals surface area contributed by atoms with E-state index in [1.807, 2.05) is 38.2 Å². The van der Waals surface area contributed by atoms with Crippen LogP contribution in [0.1, 0.15) is 63.5 Å². The molecule has 1 aromatic heterocycles. The van der Waals surface area contributed by atoms with Crippen molar-refractivity contribution in [2.24, 2.45) is 5.41 Å². The summed E-state index contributed by atoms with van der Waals surface area (Å²) in [7, 11) is 1.44. The summed E-state index contributed by atoms with van der Waals surface area (Å²) in [6.07, 6.45) is 9.48. The number of nitriles is 1. The van der Waals surface area contributed by atoms with Crippen molar-refractivity contribution in [2.75, 3.05) is 30.4 Å². The van der Waals surface area contributed by atoms with Crippen LogP contribution in [0.4, 0.5) is 11.5 Å². The highest BCUT2D eigenvalue weighted by atomic mass is 16.5. The Kier molecular flexibility index (Phi) is 8.48. The Balaban J connectivity index is 1.38. The van der Waals surface area contributed by atoms with Gasteiger partial charge in [-0.2, -0.15) is 5.26 Å². The second-order valence-electron chi connectivity index (χ2n) is 10.9. The van der Waals surface area contributed by atoms with Crippen molar-refractivity contribution < 1.29 is 9.53 Å². The number of ether oxygens (including phenoxy) is 1. The highest BCUT2D eigenvalue weighted by molar-refractivity contribution is 5.76. The summed E-state index contributed by atoms with van der Waals surface area (Å²) in [4.78, 5) is 19.2. The van der Waals surface area contributed by atoms with Crippen LogP contribution in [0.15, 0.2) is 42.6 Å². The SMILES string of the molecule is COC(=O)C(C)(C)Cc1ccnc(N[C@@H]2CCCC[C@H]2N[C@H]2CCCN(c3ccc(C#N)cc3)C2)c1. The molecule has 0 amide bonds. The number of carbonyl (C=O) groups is 1. The first kappa shape index (κ1) is 26.0. The van der Waals surface area contributed by atoms with E-state index in [4.69, 9.17) is 10.00 Å². The van der Waals surface area contributed by atoms with E-state index in [0.717, 1.165) is 43.7 Å². The number of aromatic nitrogens is 1. The lowest BCUT2D eigenvalue weighted by molar-refractivity contribution is -0.150. The largest absolute Gasteiger partial charge is 0.469 e. The van der Waals surface area contributed by atoms with Crippen LogP contribution >= 0.6 is 0 Å². The molecule has 36 heavy (non-hydrogen) atoms. The number of piperidine rings is 1. The van der Waals surface area contributed by atoms with E-state index >= 15 is 0 Å². The number of anilines is 2. The van der Waals surface area contributed by atoms with E-state index in [-0.39, 0.29) is 5.97 Å². The van der Waals surface area contributed by atoms with Gasteiger partial charge in [0.2, 0.25) is 0 Å². The molecule has 0 radical (unpaired) electrons. The number of hydrogen-bond donors (Lipinski definition) is 2. The summed E-state index contributed by atoms with van der Waals surface area (Å²) in [6.45, 7) is 5.86. The topological polar surface area (TPSA) is 90.3 Å². The maximum atomic E-state index is 12.1. The molecule has 4 rings (SSSR count). The average Bonchev–Trinajstić information content (AvgIpc) is 2.89. The Morgan fingerprint density at radius 3 is 2.61 bits per heavy atom. The van der Waals surface area contributed by atoms with Gasteiger partial charge in [-0.3, -0.25) is 4.79 Å². The van der Waals surface area contributed by atoms with Gasteiger partial charge in [-0.1, -0.05) is 12.8 Å². The fourth-order valence-electron chi connectivity index (χ4n) is 5.61. The zero-order chi connectivity index (χ0) is 25.5. The van der Waals surface area contributed by atoms with Crippen LogP contribution in [-0.4, -0.2) is 49.3 Å². The zero-order valence-electron chi connectivity index (χ0n) is 21.8. The smallest absolute Gasteiger partial charge is 0.311 e. The average molecular weight is 490 g/mol. The summed E-state index contributed by atoms with van der Waals surface area (Å²) < 4.78 is 4.98. The van der Waals surface area contributed by atoms with E-state index in [1.54, 1.807) is 0 Å². The minimum atomic E-state index is -0.579. The van der Waals surface area contributed by atoms with Crippen molar-refractivity contribution in [1.82, 2.24) is 10.3 Å². The molecule has 2 N–H and O–H groups in total. The van der Waals surface area contributed by atoms with Crippen LogP contribution in [0.3, 0.4) is 0 Å². The highest BCUT2D eigenvalue weighted by Gasteiger charge is 2.31. The first-order valence-electron chi connectivity index (χ1n) is 13.2. The lowest BCUT2D eigenvalue weighted by Crippen LogP contribution is -2.55. The maximum Gasteiger partial charge on any atom is 0.311 e. The minimum absolute atomic E-state index is 0.201. The molecule has 0 bridgehead atoms. The monoisotopic (exact) mass is 489 g/mol. The molecular weight excluding hydrogens is 450 g/mol. The van der Waals surface area contributed by atoms with Crippen molar-refractivity contribution in [3.8, 4) is 6.07 Å². The van der Waals surface area contributed by atoms with E-state index in [2.05, 4.69) is 44.8 Å². The Hall–Kier alpha value is -3.11. The summed E-state index contributed by atoms with van der Waals surface area (Å²) in [6, 6.07) is 15.3. The van der Waals surface area contributed by atoms with Gasteiger partial charge in [0.25, 0.3) is 0 Å². The lowest BCUT2D eigenvalue weighted by atomic mass is 9.86. The number of carbonyl (C=O) groups excluding carboxylic acids is 1. The Morgan fingerprint density at radius 2 is 1.89 bits per heavy atom. The molecule has 1 aliphatic heterocycles. The zero-order valence-corrected chi connectivity index (χ0v) is 21.8. The maximum absolute atomic E-state index is 12.1. The second-order valence-corrected chi connectivity index (χ2v) is 10.9. The Bertz CT molecular complexity index is 1060. The van der Waals surface area contributed by atoms with Crippen molar-refractivity contribution in [2.45, 2.75) is 76.9 Å². The van der Waals surface area contributed by atoms with Gasteiger partial charge in [0.15, 0.2) is 0 Å². The molecule has 0 spiro atoms. The third-order valence-electron chi connectivity index (χ3n) is 7.54. The number of methoxy groups -OCH3 is 1. The first-order chi connectivity index (χ1) is 17.4. The van der Waals surface area contributed by atoms with E-state index < -0.39 is 5.41 Å². The van der Waals surface area contributed by atoms with Crippen LogP contribution in [0, 0.1) is 16.7 Å². The van der Waals surface area contributed by atoms with Gasteiger partial charge in [-0.05, 0) is 87.9 Å². The lowest BCUT2D eigenvalue weighted by Gasteiger charge is -2.40. The molecule has 1 saturated carbocycles. The Labute approximate surface area is 215 Å². The number of rotatable bonds is 8. The molecule has 192 valence electrons. The number of nitrogens with zero attached hydrogens (tertiary/aromatic N) is 3. The fourth-order valence-corrected chi connectivity index (χ4v) is 5.61. The second kappa shape index (κ2) is 11.7.